The fourth-order valence-electron chi connectivity index (χ4n) is 3.97. The number of benzene rings is 1. The van der Waals surface area contributed by atoms with Crippen molar-refractivity contribution in [2.75, 3.05) is 11.9 Å². The Morgan fingerprint density at radius 2 is 2.09 bits per heavy atom. The number of aromatic nitrogens is 2. The van der Waals surface area contributed by atoms with E-state index in [1.54, 1.807) is 18.2 Å². The lowest BCUT2D eigenvalue weighted by Gasteiger charge is -2.18. The van der Waals surface area contributed by atoms with Gasteiger partial charge >= 0.3 is 11.7 Å². The van der Waals surface area contributed by atoms with Crippen LogP contribution in [0.3, 0.4) is 0 Å². The highest BCUT2D eigenvalue weighted by atomic mass is 16.4. The Morgan fingerprint density at radius 3 is 2.94 bits per heavy atom. The summed E-state index contributed by atoms with van der Waals surface area (Å²) in [5.41, 5.74) is 3.67. The van der Waals surface area contributed by atoms with Crippen LogP contribution in [0.4, 0.5) is 5.82 Å². The summed E-state index contributed by atoms with van der Waals surface area (Å²) >= 11 is 0. The van der Waals surface area contributed by atoms with Crippen molar-refractivity contribution in [3.8, 4) is 0 Å². The highest BCUT2D eigenvalue weighted by Gasteiger charge is 2.19. The molecule has 1 aliphatic rings. The van der Waals surface area contributed by atoms with Crippen LogP contribution in [-0.4, -0.2) is 33.5 Å². The Morgan fingerprint density at radius 1 is 1.22 bits per heavy atom. The molecule has 1 amide bonds. The Labute approximate surface area is 184 Å². The third-order valence-corrected chi connectivity index (χ3v) is 5.60. The largest absolute Gasteiger partial charge is 0.481 e. The molecule has 1 aromatic carbocycles. The van der Waals surface area contributed by atoms with Crippen molar-refractivity contribution >= 4 is 28.8 Å². The smallest absolute Gasteiger partial charge is 0.417 e. The maximum atomic E-state index is 12.5. The van der Waals surface area contributed by atoms with E-state index in [4.69, 9.17) is 4.42 Å². The van der Waals surface area contributed by atoms with E-state index in [1.807, 2.05) is 6.07 Å². The lowest BCUT2D eigenvalue weighted by molar-refractivity contribution is -0.137. The average Bonchev–Trinajstić information content (AvgIpc) is 3.15. The van der Waals surface area contributed by atoms with Crippen LogP contribution in [0.2, 0.25) is 0 Å². The molecule has 3 aromatic rings. The van der Waals surface area contributed by atoms with Gasteiger partial charge in [0.25, 0.3) is 0 Å². The number of nitrogens with one attached hydrogen (secondary N) is 3. The molecule has 1 unspecified atom stereocenters. The SMILES string of the molecule is O=C(O)CC(NC(=O)CCCCc1ccc2c(n1)NCCC2)c1ccc2[nH]c(=O)oc2c1. The highest BCUT2D eigenvalue weighted by Crippen LogP contribution is 2.22. The number of hydrogen-bond acceptors (Lipinski definition) is 6. The van der Waals surface area contributed by atoms with Crippen LogP contribution < -0.4 is 16.4 Å². The second kappa shape index (κ2) is 9.67. The van der Waals surface area contributed by atoms with Gasteiger partial charge in [0.15, 0.2) is 5.58 Å². The quantitative estimate of drug-likeness (QED) is 0.377. The number of carbonyl (C=O) groups excluding carboxylic acids is 1. The highest BCUT2D eigenvalue weighted by molar-refractivity contribution is 5.78. The predicted molar refractivity (Wildman–Crippen MR) is 119 cm³/mol. The van der Waals surface area contributed by atoms with E-state index in [9.17, 15) is 19.5 Å². The molecule has 0 fully saturated rings. The number of aryl methyl sites for hydroxylation is 2. The number of carboxylic acids is 1. The standard InChI is InChI=1S/C23H26N4O5/c28-20(6-2-1-5-16-9-7-14-4-3-11-24-22(14)25-16)26-18(13-21(29)30)15-8-10-17-19(12-15)32-23(31)27-17/h7-10,12,18H,1-6,11,13H2,(H,24,25)(H,26,28)(H,27,31)(H,29,30). The number of nitrogens with zero attached hydrogens (tertiary/aromatic N) is 1. The molecule has 3 heterocycles. The van der Waals surface area contributed by atoms with Crippen LogP contribution >= 0.6 is 0 Å². The lowest BCUT2D eigenvalue weighted by atomic mass is 10.0. The Hall–Kier alpha value is -3.62. The maximum Gasteiger partial charge on any atom is 0.417 e. The Bertz CT molecular complexity index is 1180. The summed E-state index contributed by atoms with van der Waals surface area (Å²) in [7, 11) is 0. The predicted octanol–water partition coefficient (Wildman–Crippen LogP) is 2.92. The monoisotopic (exact) mass is 438 g/mol. The molecule has 0 spiro atoms. The van der Waals surface area contributed by atoms with Gasteiger partial charge < -0.3 is 20.2 Å². The van der Waals surface area contributed by atoms with Gasteiger partial charge in [-0.25, -0.2) is 9.78 Å². The van der Waals surface area contributed by atoms with Crippen LogP contribution in [0.15, 0.2) is 39.5 Å². The summed E-state index contributed by atoms with van der Waals surface area (Å²) in [6.07, 6.45) is 4.46. The van der Waals surface area contributed by atoms with Crippen LogP contribution in [0, 0.1) is 0 Å². The van der Waals surface area contributed by atoms with Gasteiger partial charge in [-0.1, -0.05) is 12.1 Å². The zero-order chi connectivity index (χ0) is 22.5. The van der Waals surface area contributed by atoms with Crippen molar-refractivity contribution in [3.05, 3.63) is 57.7 Å². The molecule has 0 radical (unpaired) electrons. The molecular formula is C23H26N4O5. The molecule has 0 saturated heterocycles. The molecular weight excluding hydrogens is 412 g/mol. The van der Waals surface area contributed by atoms with E-state index in [2.05, 4.69) is 26.7 Å². The number of amides is 1. The number of H-pyrrole nitrogens is 1. The van der Waals surface area contributed by atoms with Crippen LogP contribution in [0.25, 0.3) is 11.1 Å². The summed E-state index contributed by atoms with van der Waals surface area (Å²) in [5, 5.41) is 15.4. The van der Waals surface area contributed by atoms with E-state index in [-0.39, 0.29) is 12.3 Å². The summed E-state index contributed by atoms with van der Waals surface area (Å²) < 4.78 is 5.04. The number of rotatable bonds is 9. The van der Waals surface area contributed by atoms with E-state index in [0.717, 1.165) is 43.7 Å². The molecule has 168 valence electrons. The number of oxazole rings is 1. The molecule has 4 rings (SSSR count). The lowest BCUT2D eigenvalue weighted by Crippen LogP contribution is -2.30. The molecule has 32 heavy (non-hydrogen) atoms. The third kappa shape index (κ3) is 5.35. The van der Waals surface area contributed by atoms with E-state index >= 15 is 0 Å². The molecule has 9 heteroatoms. The first kappa shape index (κ1) is 21.6. The average molecular weight is 438 g/mol. The number of carboxylic acid groups (broad SMARTS) is 1. The first-order valence-electron chi connectivity index (χ1n) is 10.8. The number of fused-ring (bicyclic) bond motifs is 2. The van der Waals surface area contributed by atoms with Crippen molar-refractivity contribution in [1.82, 2.24) is 15.3 Å². The first-order valence-corrected chi connectivity index (χ1v) is 10.8. The second-order valence-electron chi connectivity index (χ2n) is 8.04. The minimum atomic E-state index is -1.03. The summed E-state index contributed by atoms with van der Waals surface area (Å²) in [5.74, 6) is -0.858. The number of anilines is 1. The van der Waals surface area contributed by atoms with E-state index < -0.39 is 17.8 Å². The molecule has 4 N–H and O–H groups in total. The normalized spacial score (nSPS) is 13.9. The molecule has 0 bridgehead atoms. The Kier molecular flexibility index (Phi) is 6.53. The number of aromatic amines is 1. The number of carbonyl (C=O) groups is 2. The van der Waals surface area contributed by atoms with Crippen molar-refractivity contribution < 1.29 is 19.1 Å². The van der Waals surface area contributed by atoms with Gasteiger partial charge in [-0.05, 0) is 61.4 Å². The number of hydrogen-bond donors (Lipinski definition) is 4. The Balaban J connectivity index is 1.31. The van der Waals surface area contributed by atoms with Gasteiger partial charge in [-0.2, -0.15) is 0 Å². The second-order valence-corrected chi connectivity index (χ2v) is 8.04. The van der Waals surface area contributed by atoms with Gasteiger partial charge in [0.2, 0.25) is 5.91 Å². The number of pyridine rings is 1. The molecule has 9 nitrogen and oxygen atoms in total. The fraction of sp³-hybridized carbons (Fsp3) is 0.391. The minimum absolute atomic E-state index is 0.216. The summed E-state index contributed by atoms with van der Waals surface area (Å²) in [4.78, 5) is 42.3. The summed E-state index contributed by atoms with van der Waals surface area (Å²) in [6, 6.07) is 8.35. The van der Waals surface area contributed by atoms with Crippen molar-refractivity contribution in [2.45, 2.75) is 51.0 Å². The molecule has 1 aliphatic heterocycles. The van der Waals surface area contributed by atoms with Gasteiger partial charge in [0.1, 0.15) is 5.82 Å². The third-order valence-electron chi connectivity index (χ3n) is 5.60. The molecule has 1 atom stereocenters. The van der Waals surface area contributed by atoms with Crippen molar-refractivity contribution in [1.29, 1.82) is 0 Å². The van der Waals surface area contributed by atoms with Crippen molar-refractivity contribution in [3.63, 3.8) is 0 Å². The maximum absolute atomic E-state index is 12.5. The van der Waals surface area contributed by atoms with E-state index in [0.29, 0.717) is 29.5 Å². The minimum Gasteiger partial charge on any atom is -0.481 e. The van der Waals surface area contributed by atoms with Crippen molar-refractivity contribution in [2.24, 2.45) is 0 Å². The van der Waals surface area contributed by atoms with Crippen LogP contribution in [0.1, 0.15) is 55.0 Å². The number of unbranched alkanes of at least 4 members (excludes halogenated alkanes) is 1. The summed E-state index contributed by atoms with van der Waals surface area (Å²) in [6.45, 7) is 0.949. The zero-order valence-electron chi connectivity index (χ0n) is 17.6. The van der Waals surface area contributed by atoms with Crippen LogP contribution in [0.5, 0.6) is 0 Å². The first-order chi connectivity index (χ1) is 15.5. The molecule has 0 saturated carbocycles. The molecule has 2 aromatic heterocycles. The van der Waals surface area contributed by atoms with Gasteiger partial charge in [-0.15, -0.1) is 0 Å². The zero-order valence-corrected chi connectivity index (χ0v) is 17.6. The van der Waals surface area contributed by atoms with E-state index in [1.165, 1.54) is 5.56 Å². The van der Waals surface area contributed by atoms with Gasteiger partial charge in [0, 0.05) is 18.7 Å². The van der Waals surface area contributed by atoms with Gasteiger partial charge in [-0.3, -0.25) is 14.6 Å². The topological polar surface area (TPSA) is 137 Å². The number of aliphatic carboxylic acids is 1. The van der Waals surface area contributed by atoms with Crippen LogP contribution in [-0.2, 0) is 22.4 Å². The van der Waals surface area contributed by atoms with Gasteiger partial charge in [0.05, 0.1) is 18.0 Å². The molecule has 0 aliphatic carbocycles. The fourth-order valence-corrected chi connectivity index (χ4v) is 3.97.